The molecule has 1 saturated heterocycles. The maximum Gasteiger partial charge on any atom is 0.287 e. The van der Waals surface area contributed by atoms with Crippen LogP contribution >= 0.6 is 0 Å². The summed E-state index contributed by atoms with van der Waals surface area (Å²) in [5.41, 5.74) is 0.0881. The van der Waals surface area contributed by atoms with E-state index in [1.54, 1.807) is 20.3 Å². The van der Waals surface area contributed by atoms with E-state index in [0.717, 1.165) is 0 Å². The van der Waals surface area contributed by atoms with Gasteiger partial charge < -0.3 is 15.0 Å². The summed E-state index contributed by atoms with van der Waals surface area (Å²) in [6.07, 6.45) is 1.84. The lowest BCUT2D eigenvalue weighted by molar-refractivity contribution is -0.843. The largest absolute Gasteiger partial charge is 0.375 e. The normalized spacial score (nSPS) is 21.4. The number of hydrogen-bond donors (Lipinski definition) is 1. The number of aromatic nitrogens is 3. The summed E-state index contributed by atoms with van der Waals surface area (Å²) in [4.78, 5) is 19.5. The Morgan fingerprint density at radius 1 is 1.41 bits per heavy atom. The van der Waals surface area contributed by atoms with E-state index < -0.39 is 18.0 Å². The summed E-state index contributed by atoms with van der Waals surface area (Å²) in [5.74, 6) is 0.136. The fraction of sp³-hybridized carbons (Fsp3) is 0.444. The van der Waals surface area contributed by atoms with E-state index in [1.165, 1.54) is 16.9 Å². The molecule has 2 aromatic heterocycles. The van der Waals surface area contributed by atoms with Crippen LogP contribution in [0.15, 0.2) is 35.5 Å². The fourth-order valence-corrected chi connectivity index (χ4v) is 3.41. The molecule has 4 rings (SSSR count). The lowest BCUT2D eigenvalue weighted by atomic mass is 10.2. The van der Waals surface area contributed by atoms with Crippen molar-refractivity contribution in [2.24, 2.45) is 5.10 Å². The van der Waals surface area contributed by atoms with Gasteiger partial charge in [-0.25, -0.2) is 18.3 Å². The van der Waals surface area contributed by atoms with Gasteiger partial charge in [-0.2, -0.15) is 9.69 Å². The number of fused-ring (bicyclic) bond motifs is 1. The zero-order valence-corrected chi connectivity index (χ0v) is 16.3. The maximum absolute atomic E-state index is 13.3. The Hall–Kier alpha value is -2.92. The van der Waals surface area contributed by atoms with Crippen LogP contribution in [0.5, 0.6) is 0 Å². The number of anilines is 1. The summed E-state index contributed by atoms with van der Waals surface area (Å²) in [6.45, 7) is 3.96. The third-order valence-electron chi connectivity index (χ3n) is 4.71. The zero-order chi connectivity index (χ0) is 20.8. The second kappa shape index (κ2) is 7.16. The van der Waals surface area contributed by atoms with Crippen LogP contribution < -0.4 is 10.2 Å². The first kappa shape index (κ1) is 19.4. The van der Waals surface area contributed by atoms with Crippen LogP contribution in [0.2, 0.25) is 0 Å². The Kier molecular flexibility index (Phi) is 4.79. The number of ether oxygens (including phenoxy) is 1. The number of amides is 1. The van der Waals surface area contributed by atoms with Crippen molar-refractivity contribution in [1.29, 1.82) is 0 Å². The monoisotopic (exact) mass is 406 g/mol. The van der Waals surface area contributed by atoms with Crippen LogP contribution in [0.1, 0.15) is 17.3 Å². The van der Waals surface area contributed by atoms with Gasteiger partial charge in [0.2, 0.25) is 0 Å². The highest BCUT2D eigenvalue weighted by molar-refractivity contribution is 6.09. The third-order valence-corrected chi connectivity index (χ3v) is 4.71. The lowest BCUT2D eigenvalue weighted by Crippen LogP contribution is -2.41. The van der Waals surface area contributed by atoms with Gasteiger partial charge in [0.15, 0.2) is 11.4 Å². The fourth-order valence-electron chi connectivity index (χ4n) is 3.41. The van der Waals surface area contributed by atoms with Gasteiger partial charge in [0, 0.05) is 19.3 Å². The topological polar surface area (TPSA) is 84.1 Å². The average molecular weight is 406 g/mol. The van der Waals surface area contributed by atoms with Crippen molar-refractivity contribution < 1.29 is 22.9 Å². The Morgan fingerprint density at radius 3 is 2.93 bits per heavy atom. The number of nitrogens with one attached hydrogen (secondary N) is 1. The van der Waals surface area contributed by atoms with Gasteiger partial charge in [-0.1, -0.05) is 5.10 Å². The van der Waals surface area contributed by atoms with Gasteiger partial charge in [0.1, 0.15) is 23.3 Å². The number of alkyl halides is 2. The molecule has 4 heterocycles. The predicted octanol–water partition coefficient (Wildman–Crippen LogP) is 1.24. The zero-order valence-electron chi connectivity index (χ0n) is 16.3. The van der Waals surface area contributed by atoms with Gasteiger partial charge in [0.05, 0.1) is 33.0 Å². The number of nitrogens with zero attached hydrogens (tertiary/aromatic N) is 6. The first-order valence-corrected chi connectivity index (χ1v) is 9.21. The van der Waals surface area contributed by atoms with Crippen molar-refractivity contribution in [3.63, 3.8) is 0 Å². The first-order chi connectivity index (χ1) is 13.7. The summed E-state index contributed by atoms with van der Waals surface area (Å²) in [6, 6.07) is 1.82. The molecular formula is C18H22F2N7O2+. The van der Waals surface area contributed by atoms with E-state index in [1.807, 2.05) is 13.0 Å². The van der Waals surface area contributed by atoms with Gasteiger partial charge in [-0.15, -0.1) is 0 Å². The van der Waals surface area contributed by atoms with Gasteiger partial charge in [0.25, 0.3) is 12.3 Å². The van der Waals surface area contributed by atoms with E-state index in [4.69, 9.17) is 4.74 Å². The summed E-state index contributed by atoms with van der Waals surface area (Å²) < 4.78 is 33.5. The van der Waals surface area contributed by atoms with Crippen LogP contribution in [0, 0.1) is 0 Å². The molecule has 1 amide bonds. The van der Waals surface area contributed by atoms with Crippen molar-refractivity contribution >= 4 is 23.1 Å². The quantitative estimate of drug-likeness (QED) is 0.773. The highest BCUT2D eigenvalue weighted by atomic mass is 19.3. The van der Waals surface area contributed by atoms with Crippen LogP contribution in [-0.4, -0.2) is 77.1 Å². The summed E-state index contributed by atoms with van der Waals surface area (Å²) in [5, 5.41) is 10.6. The molecule has 9 nitrogen and oxygen atoms in total. The molecule has 1 unspecified atom stereocenters. The number of quaternary nitrogens is 1. The van der Waals surface area contributed by atoms with Gasteiger partial charge in [-0.3, -0.25) is 4.79 Å². The van der Waals surface area contributed by atoms with Crippen LogP contribution in [0.3, 0.4) is 0 Å². The maximum atomic E-state index is 13.3. The molecule has 11 heteroatoms. The number of hydrogen-bond acceptors (Lipinski definition) is 6. The number of carbonyl (C=O) groups is 1. The standard InChI is InChI=1S/C18H21F2N7O2/c1-11-9-25(6-7-29-11)14-4-5-26-17(23-14)12(8-21-26)18(28)22-13-10-27(2,3)24-15(13)16(19)20/h4-5,8,10-11,16H,6-7,9H2,1-3H3/p+1. The molecule has 0 aromatic carbocycles. The number of rotatable bonds is 4. The van der Waals surface area contributed by atoms with E-state index in [2.05, 4.69) is 25.4 Å². The van der Waals surface area contributed by atoms with Crippen molar-refractivity contribution in [3.05, 3.63) is 35.9 Å². The lowest BCUT2D eigenvalue weighted by Gasteiger charge is -2.31. The van der Waals surface area contributed by atoms with Crippen molar-refractivity contribution in [3.8, 4) is 0 Å². The van der Waals surface area contributed by atoms with Crippen LogP contribution in [0.4, 0.5) is 14.6 Å². The van der Waals surface area contributed by atoms with E-state index in [-0.39, 0.29) is 22.0 Å². The smallest absolute Gasteiger partial charge is 0.287 e. The molecule has 0 saturated carbocycles. The third kappa shape index (κ3) is 3.83. The number of carbonyl (C=O) groups excluding carboxylic acids is 1. The summed E-state index contributed by atoms with van der Waals surface area (Å²) in [7, 11) is 3.27. The Balaban J connectivity index is 1.61. The van der Waals surface area contributed by atoms with Gasteiger partial charge >= 0.3 is 0 Å². The van der Waals surface area contributed by atoms with Crippen LogP contribution in [0.25, 0.3) is 5.65 Å². The highest BCUT2D eigenvalue weighted by Gasteiger charge is 2.34. The van der Waals surface area contributed by atoms with Gasteiger partial charge in [-0.05, 0) is 13.0 Å². The molecule has 0 bridgehead atoms. The molecule has 2 aliphatic rings. The van der Waals surface area contributed by atoms with Crippen molar-refractivity contribution in [2.45, 2.75) is 19.5 Å². The molecule has 154 valence electrons. The molecule has 2 aliphatic heterocycles. The van der Waals surface area contributed by atoms with E-state index in [0.29, 0.717) is 31.2 Å². The van der Waals surface area contributed by atoms with Crippen LogP contribution in [-0.2, 0) is 4.74 Å². The van der Waals surface area contributed by atoms with E-state index >= 15 is 0 Å². The number of halogens is 2. The minimum Gasteiger partial charge on any atom is -0.375 e. The van der Waals surface area contributed by atoms with Crippen molar-refractivity contribution in [1.82, 2.24) is 19.9 Å². The van der Waals surface area contributed by atoms with E-state index in [9.17, 15) is 13.6 Å². The SMILES string of the molecule is CC1CN(c2ccn3ncc(C(=O)NC4=C[N+](C)(C)N=C4C(F)F)c3n2)CCO1. The second-order valence-corrected chi connectivity index (χ2v) is 7.50. The molecule has 1 fully saturated rings. The number of morpholine rings is 1. The Labute approximate surface area is 165 Å². The Bertz CT molecular complexity index is 1010. The van der Waals surface area contributed by atoms with Crippen molar-refractivity contribution in [2.75, 3.05) is 38.7 Å². The molecule has 0 spiro atoms. The highest BCUT2D eigenvalue weighted by Crippen LogP contribution is 2.21. The molecule has 1 N–H and O–H groups in total. The molecule has 2 aromatic rings. The molecule has 0 radical (unpaired) electrons. The number of allylic oxidation sites excluding steroid dienone is 1. The summed E-state index contributed by atoms with van der Waals surface area (Å²) >= 11 is 0. The second-order valence-electron chi connectivity index (χ2n) is 7.50. The molecule has 1 atom stereocenters. The molecule has 29 heavy (non-hydrogen) atoms. The first-order valence-electron chi connectivity index (χ1n) is 9.21. The molecule has 0 aliphatic carbocycles. The minimum atomic E-state index is -2.79. The minimum absolute atomic E-state index is 0.00694. The Morgan fingerprint density at radius 2 is 2.21 bits per heavy atom. The predicted molar refractivity (Wildman–Crippen MR) is 102 cm³/mol. The molecular weight excluding hydrogens is 384 g/mol. The average Bonchev–Trinajstić information content (AvgIpc) is 3.21.